The lowest BCUT2D eigenvalue weighted by molar-refractivity contribution is 0.0696. The molecule has 1 heterocycles. The molecule has 4 nitrogen and oxygen atoms in total. The Morgan fingerprint density at radius 2 is 2.00 bits per heavy atom. The smallest absolute Gasteiger partial charge is 0.137 e. The second-order valence-corrected chi connectivity index (χ2v) is 5.22. The third-order valence-electron chi connectivity index (χ3n) is 3.00. The minimum Gasteiger partial charge on any atom is -0.388 e. The highest BCUT2D eigenvalue weighted by Crippen LogP contribution is 2.21. The zero-order valence-electron chi connectivity index (χ0n) is 11.5. The van der Waals surface area contributed by atoms with Gasteiger partial charge in [-0.25, -0.2) is 9.97 Å². The molecule has 0 fully saturated rings. The first-order valence-electron chi connectivity index (χ1n) is 6.39. The predicted molar refractivity (Wildman–Crippen MR) is 75.2 cm³/mol. The molecule has 5 heteroatoms. The summed E-state index contributed by atoms with van der Waals surface area (Å²) in [5, 5.41) is 13.6. The quantitative estimate of drug-likeness (QED) is 0.781. The fraction of sp³-hybridized carbons (Fsp3) is 0.692. The molecule has 0 aliphatic heterocycles. The first-order valence-corrected chi connectivity index (χ1v) is 6.76. The van der Waals surface area contributed by atoms with Gasteiger partial charge < -0.3 is 10.4 Å². The summed E-state index contributed by atoms with van der Waals surface area (Å²) in [4.78, 5) is 8.68. The second-order valence-electron chi connectivity index (χ2n) is 4.86. The summed E-state index contributed by atoms with van der Waals surface area (Å²) in [7, 11) is 0. The van der Waals surface area contributed by atoms with E-state index in [1.807, 2.05) is 13.8 Å². The predicted octanol–water partition coefficient (Wildman–Crippen LogP) is 2.96. The van der Waals surface area contributed by atoms with Crippen LogP contribution in [0.4, 0.5) is 5.82 Å². The van der Waals surface area contributed by atoms with Crippen LogP contribution in [0.15, 0.2) is 0 Å². The van der Waals surface area contributed by atoms with Gasteiger partial charge in [0.2, 0.25) is 0 Å². The summed E-state index contributed by atoms with van der Waals surface area (Å²) >= 11 is 6.08. The van der Waals surface area contributed by atoms with Gasteiger partial charge in [-0.15, -0.1) is 0 Å². The van der Waals surface area contributed by atoms with Crippen molar-refractivity contribution < 1.29 is 5.11 Å². The lowest BCUT2D eigenvalue weighted by Gasteiger charge is -2.22. The molecule has 1 rings (SSSR count). The summed E-state index contributed by atoms with van der Waals surface area (Å²) in [5.41, 5.74) is 0.0813. The largest absolute Gasteiger partial charge is 0.388 e. The zero-order valence-corrected chi connectivity index (χ0v) is 12.3. The number of hydrogen-bond donors (Lipinski definition) is 2. The number of anilines is 1. The molecule has 0 bridgehead atoms. The SMILES string of the molecule is CCCc1nc(Cl)c(C)c(NCC(C)(O)CC)n1. The van der Waals surface area contributed by atoms with Crippen LogP contribution in [-0.4, -0.2) is 27.2 Å². The van der Waals surface area contributed by atoms with Crippen LogP contribution in [0.25, 0.3) is 0 Å². The van der Waals surface area contributed by atoms with Crippen LogP contribution in [-0.2, 0) is 6.42 Å². The zero-order chi connectivity index (χ0) is 13.8. The van der Waals surface area contributed by atoms with Crippen LogP contribution in [0.5, 0.6) is 0 Å². The highest BCUT2D eigenvalue weighted by molar-refractivity contribution is 6.30. The van der Waals surface area contributed by atoms with Crippen molar-refractivity contribution in [3.63, 3.8) is 0 Å². The first kappa shape index (κ1) is 15.2. The van der Waals surface area contributed by atoms with Gasteiger partial charge in [-0.05, 0) is 26.7 Å². The molecule has 1 unspecified atom stereocenters. The van der Waals surface area contributed by atoms with E-state index < -0.39 is 5.60 Å². The molecule has 1 atom stereocenters. The molecule has 1 aromatic rings. The molecule has 0 saturated carbocycles. The number of hydrogen-bond acceptors (Lipinski definition) is 4. The Bertz CT molecular complexity index is 407. The summed E-state index contributed by atoms with van der Waals surface area (Å²) in [6.45, 7) is 8.14. The van der Waals surface area contributed by atoms with Gasteiger partial charge in [0.05, 0.1) is 5.60 Å². The Kier molecular flexibility index (Phi) is 5.35. The van der Waals surface area contributed by atoms with Gasteiger partial charge in [0.1, 0.15) is 16.8 Å². The molecule has 18 heavy (non-hydrogen) atoms. The third kappa shape index (κ3) is 4.10. The van der Waals surface area contributed by atoms with Gasteiger partial charge in [0.15, 0.2) is 0 Å². The number of rotatable bonds is 6. The molecule has 2 N–H and O–H groups in total. The summed E-state index contributed by atoms with van der Waals surface area (Å²) in [5.74, 6) is 1.46. The molecule has 102 valence electrons. The van der Waals surface area contributed by atoms with E-state index in [0.29, 0.717) is 23.9 Å². The van der Waals surface area contributed by atoms with Crippen LogP contribution >= 0.6 is 11.6 Å². The maximum absolute atomic E-state index is 9.98. The molecule has 0 aliphatic rings. The Morgan fingerprint density at radius 1 is 1.33 bits per heavy atom. The van der Waals surface area contributed by atoms with Gasteiger partial charge in [0, 0.05) is 18.5 Å². The number of aliphatic hydroxyl groups is 1. The standard InChI is InChI=1S/C13H22ClN3O/c1-5-7-10-16-11(14)9(3)12(17-10)15-8-13(4,18)6-2/h18H,5-8H2,1-4H3,(H,15,16,17). The van der Waals surface area contributed by atoms with E-state index in [4.69, 9.17) is 11.6 Å². The van der Waals surface area contributed by atoms with E-state index in [1.165, 1.54) is 0 Å². The van der Waals surface area contributed by atoms with Crippen LogP contribution in [0.3, 0.4) is 0 Å². The molecule has 0 spiro atoms. The number of aryl methyl sites for hydroxylation is 1. The van der Waals surface area contributed by atoms with Crippen molar-refractivity contribution in [1.82, 2.24) is 9.97 Å². The Balaban J connectivity index is 2.87. The second kappa shape index (κ2) is 6.34. The van der Waals surface area contributed by atoms with Crippen molar-refractivity contribution in [2.24, 2.45) is 0 Å². The fourth-order valence-electron chi connectivity index (χ4n) is 1.44. The topological polar surface area (TPSA) is 58.0 Å². The lowest BCUT2D eigenvalue weighted by Crippen LogP contribution is -2.33. The Hall–Kier alpha value is -0.870. The molecule has 0 amide bonds. The summed E-state index contributed by atoms with van der Waals surface area (Å²) < 4.78 is 0. The first-order chi connectivity index (χ1) is 8.39. The maximum Gasteiger partial charge on any atom is 0.137 e. The Morgan fingerprint density at radius 3 is 2.56 bits per heavy atom. The van der Waals surface area contributed by atoms with Crippen molar-refractivity contribution in [2.75, 3.05) is 11.9 Å². The van der Waals surface area contributed by atoms with E-state index in [9.17, 15) is 5.11 Å². The molecule has 0 aliphatic carbocycles. The van der Waals surface area contributed by atoms with Crippen LogP contribution in [0, 0.1) is 6.92 Å². The van der Waals surface area contributed by atoms with Gasteiger partial charge >= 0.3 is 0 Å². The average Bonchev–Trinajstić information content (AvgIpc) is 2.32. The highest BCUT2D eigenvalue weighted by atomic mass is 35.5. The minimum absolute atomic E-state index is 0.448. The third-order valence-corrected chi connectivity index (χ3v) is 3.37. The fourth-order valence-corrected chi connectivity index (χ4v) is 1.63. The monoisotopic (exact) mass is 271 g/mol. The average molecular weight is 272 g/mol. The van der Waals surface area contributed by atoms with Crippen molar-refractivity contribution in [1.29, 1.82) is 0 Å². The van der Waals surface area contributed by atoms with E-state index in [2.05, 4.69) is 22.2 Å². The molecule has 0 radical (unpaired) electrons. The number of nitrogens with one attached hydrogen (secondary N) is 1. The maximum atomic E-state index is 9.98. The van der Waals surface area contributed by atoms with Crippen LogP contribution in [0.1, 0.15) is 45.0 Å². The Labute approximate surface area is 114 Å². The van der Waals surface area contributed by atoms with Crippen LogP contribution < -0.4 is 5.32 Å². The highest BCUT2D eigenvalue weighted by Gasteiger charge is 2.18. The summed E-state index contributed by atoms with van der Waals surface area (Å²) in [6, 6.07) is 0. The van der Waals surface area contributed by atoms with Gasteiger partial charge in [-0.2, -0.15) is 0 Å². The number of halogens is 1. The van der Waals surface area contributed by atoms with Crippen molar-refractivity contribution in [2.45, 2.75) is 52.6 Å². The molecule has 0 saturated heterocycles. The van der Waals surface area contributed by atoms with Gasteiger partial charge in [0.25, 0.3) is 0 Å². The van der Waals surface area contributed by atoms with E-state index in [-0.39, 0.29) is 0 Å². The lowest BCUT2D eigenvalue weighted by atomic mass is 10.0. The number of aromatic nitrogens is 2. The van der Waals surface area contributed by atoms with Crippen molar-refractivity contribution in [3.8, 4) is 0 Å². The summed E-state index contributed by atoms with van der Waals surface area (Å²) in [6.07, 6.45) is 2.46. The molecule has 0 aromatic carbocycles. The van der Waals surface area contributed by atoms with Gasteiger partial charge in [-0.1, -0.05) is 25.4 Å². The van der Waals surface area contributed by atoms with Crippen LogP contribution in [0.2, 0.25) is 5.15 Å². The molecule has 1 aromatic heterocycles. The number of nitrogens with zero attached hydrogens (tertiary/aromatic N) is 2. The van der Waals surface area contributed by atoms with Crippen molar-refractivity contribution >= 4 is 17.4 Å². The van der Waals surface area contributed by atoms with E-state index in [1.54, 1.807) is 6.92 Å². The molecular weight excluding hydrogens is 250 g/mol. The minimum atomic E-state index is -0.741. The molecular formula is C13H22ClN3O. The van der Waals surface area contributed by atoms with E-state index >= 15 is 0 Å². The van der Waals surface area contributed by atoms with Crippen molar-refractivity contribution in [3.05, 3.63) is 16.5 Å². The van der Waals surface area contributed by atoms with E-state index in [0.717, 1.165) is 24.2 Å². The normalized spacial score (nSPS) is 14.3. The van der Waals surface area contributed by atoms with Gasteiger partial charge in [-0.3, -0.25) is 0 Å².